The number of hydrogen-bond donors (Lipinski definition) is 1. The highest BCUT2D eigenvalue weighted by molar-refractivity contribution is 4.94. The van der Waals surface area contributed by atoms with Crippen molar-refractivity contribution in [3.63, 3.8) is 0 Å². The molecule has 0 radical (unpaired) electrons. The number of nitrogens with zero attached hydrogens (tertiary/aromatic N) is 2. The summed E-state index contributed by atoms with van der Waals surface area (Å²) in [5, 5.41) is 0. The molecule has 0 bridgehead atoms. The molecule has 0 aromatic rings. The molecular weight excluding hydrogens is 186 g/mol. The molecule has 2 unspecified atom stereocenters. The van der Waals surface area contributed by atoms with Crippen molar-refractivity contribution in [3.05, 3.63) is 0 Å². The summed E-state index contributed by atoms with van der Waals surface area (Å²) in [6.07, 6.45) is 5.54. The third-order valence-electron chi connectivity index (χ3n) is 3.83. The molecule has 3 nitrogen and oxygen atoms in total. The first-order valence-electron chi connectivity index (χ1n) is 6.33. The third kappa shape index (κ3) is 2.71. The molecular formula is C12H25N3. The maximum Gasteiger partial charge on any atom is 0.0250 e. The van der Waals surface area contributed by atoms with Crippen LogP contribution in [0.1, 0.15) is 25.7 Å². The van der Waals surface area contributed by atoms with Crippen molar-refractivity contribution in [1.29, 1.82) is 0 Å². The SMILES string of the molecule is CN(C)CC1CCCN1C(CN)C1CC1. The van der Waals surface area contributed by atoms with Gasteiger partial charge in [0.2, 0.25) is 0 Å². The molecule has 0 aromatic carbocycles. The molecule has 2 aliphatic rings. The minimum Gasteiger partial charge on any atom is -0.329 e. The molecule has 2 fully saturated rings. The van der Waals surface area contributed by atoms with Crippen LogP contribution in [0.2, 0.25) is 0 Å². The highest BCUT2D eigenvalue weighted by Crippen LogP contribution is 2.37. The predicted molar refractivity (Wildman–Crippen MR) is 63.8 cm³/mol. The van der Waals surface area contributed by atoms with Crippen LogP contribution in [0.5, 0.6) is 0 Å². The number of rotatable bonds is 5. The van der Waals surface area contributed by atoms with E-state index >= 15 is 0 Å². The first kappa shape index (κ1) is 11.4. The smallest absolute Gasteiger partial charge is 0.0250 e. The van der Waals surface area contributed by atoms with Gasteiger partial charge in [0.15, 0.2) is 0 Å². The van der Waals surface area contributed by atoms with E-state index in [4.69, 9.17) is 5.73 Å². The van der Waals surface area contributed by atoms with E-state index in [0.29, 0.717) is 6.04 Å². The Balaban J connectivity index is 1.93. The maximum atomic E-state index is 5.93. The number of hydrogen-bond acceptors (Lipinski definition) is 3. The Labute approximate surface area is 93.6 Å². The van der Waals surface area contributed by atoms with E-state index in [9.17, 15) is 0 Å². The van der Waals surface area contributed by atoms with Gasteiger partial charge in [0.05, 0.1) is 0 Å². The van der Waals surface area contributed by atoms with Crippen LogP contribution in [0, 0.1) is 5.92 Å². The van der Waals surface area contributed by atoms with Crippen LogP contribution in [0.25, 0.3) is 0 Å². The molecule has 1 aliphatic heterocycles. The summed E-state index contributed by atoms with van der Waals surface area (Å²) in [5.74, 6) is 0.915. The van der Waals surface area contributed by atoms with Gasteiger partial charge in [-0.15, -0.1) is 0 Å². The minimum absolute atomic E-state index is 0.678. The number of likely N-dealkylation sites (N-methyl/N-ethyl adjacent to an activating group) is 1. The van der Waals surface area contributed by atoms with Crippen molar-refractivity contribution in [1.82, 2.24) is 9.80 Å². The van der Waals surface area contributed by atoms with E-state index in [2.05, 4.69) is 23.9 Å². The van der Waals surface area contributed by atoms with Gasteiger partial charge in [0, 0.05) is 25.2 Å². The van der Waals surface area contributed by atoms with Gasteiger partial charge >= 0.3 is 0 Å². The lowest BCUT2D eigenvalue weighted by Crippen LogP contribution is -2.48. The Kier molecular flexibility index (Phi) is 3.65. The van der Waals surface area contributed by atoms with Crippen molar-refractivity contribution < 1.29 is 0 Å². The number of likely N-dealkylation sites (tertiary alicyclic amines) is 1. The summed E-state index contributed by atoms with van der Waals surface area (Å²) in [6, 6.07) is 1.44. The molecule has 15 heavy (non-hydrogen) atoms. The molecule has 88 valence electrons. The zero-order valence-corrected chi connectivity index (χ0v) is 10.2. The van der Waals surface area contributed by atoms with E-state index < -0.39 is 0 Å². The lowest BCUT2D eigenvalue weighted by atomic mass is 10.1. The van der Waals surface area contributed by atoms with Crippen molar-refractivity contribution in [3.8, 4) is 0 Å². The first-order chi connectivity index (χ1) is 7.22. The van der Waals surface area contributed by atoms with Crippen molar-refractivity contribution in [2.24, 2.45) is 11.7 Å². The topological polar surface area (TPSA) is 32.5 Å². The van der Waals surface area contributed by atoms with E-state index in [0.717, 1.165) is 18.5 Å². The van der Waals surface area contributed by atoms with Crippen LogP contribution in [-0.2, 0) is 0 Å². The van der Waals surface area contributed by atoms with Gasteiger partial charge in [-0.25, -0.2) is 0 Å². The maximum absolute atomic E-state index is 5.93. The molecule has 3 heteroatoms. The van der Waals surface area contributed by atoms with Gasteiger partial charge < -0.3 is 10.6 Å². The second kappa shape index (κ2) is 4.81. The average Bonchev–Trinajstić information content (AvgIpc) is 2.91. The van der Waals surface area contributed by atoms with Gasteiger partial charge in [-0.1, -0.05) is 0 Å². The normalized spacial score (nSPS) is 30.0. The molecule has 1 heterocycles. The lowest BCUT2D eigenvalue weighted by Gasteiger charge is -2.34. The zero-order chi connectivity index (χ0) is 10.8. The molecule has 2 atom stereocenters. The van der Waals surface area contributed by atoms with Crippen LogP contribution < -0.4 is 5.73 Å². The molecule has 0 aromatic heterocycles. The predicted octanol–water partition coefficient (Wildman–Crippen LogP) is 0.750. The first-order valence-corrected chi connectivity index (χ1v) is 6.33. The van der Waals surface area contributed by atoms with Gasteiger partial charge in [0.1, 0.15) is 0 Å². The second-order valence-electron chi connectivity index (χ2n) is 5.44. The van der Waals surface area contributed by atoms with Crippen LogP contribution in [0.4, 0.5) is 0 Å². The highest BCUT2D eigenvalue weighted by atomic mass is 15.3. The summed E-state index contributed by atoms with van der Waals surface area (Å²) in [6.45, 7) is 3.33. The van der Waals surface area contributed by atoms with E-state index in [1.807, 2.05) is 0 Å². The monoisotopic (exact) mass is 211 g/mol. The van der Waals surface area contributed by atoms with E-state index in [1.165, 1.54) is 38.8 Å². The summed E-state index contributed by atoms with van der Waals surface area (Å²) in [5.41, 5.74) is 5.93. The number of nitrogens with two attached hydrogens (primary N) is 1. The lowest BCUT2D eigenvalue weighted by molar-refractivity contribution is 0.141. The third-order valence-corrected chi connectivity index (χ3v) is 3.83. The van der Waals surface area contributed by atoms with E-state index in [-0.39, 0.29) is 0 Å². The Bertz CT molecular complexity index is 201. The van der Waals surface area contributed by atoms with Crippen molar-refractivity contribution in [2.75, 3.05) is 33.7 Å². The second-order valence-corrected chi connectivity index (χ2v) is 5.44. The summed E-state index contributed by atoms with van der Waals surface area (Å²) < 4.78 is 0. The fraction of sp³-hybridized carbons (Fsp3) is 1.00. The highest BCUT2D eigenvalue weighted by Gasteiger charge is 2.38. The van der Waals surface area contributed by atoms with Crippen molar-refractivity contribution in [2.45, 2.75) is 37.8 Å². The van der Waals surface area contributed by atoms with Crippen LogP contribution in [0.3, 0.4) is 0 Å². The quantitative estimate of drug-likeness (QED) is 0.728. The Morgan fingerprint density at radius 3 is 2.60 bits per heavy atom. The zero-order valence-electron chi connectivity index (χ0n) is 10.2. The molecule has 1 aliphatic carbocycles. The summed E-state index contributed by atoms with van der Waals surface area (Å²) in [4.78, 5) is 5.00. The fourth-order valence-corrected chi connectivity index (χ4v) is 2.99. The van der Waals surface area contributed by atoms with Crippen LogP contribution in [-0.4, -0.2) is 55.6 Å². The van der Waals surface area contributed by atoms with Crippen LogP contribution in [0.15, 0.2) is 0 Å². The molecule has 0 amide bonds. The summed E-state index contributed by atoms with van der Waals surface area (Å²) >= 11 is 0. The largest absolute Gasteiger partial charge is 0.329 e. The fourth-order valence-electron chi connectivity index (χ4n) is 2.99. The minimum atomic E-state index is 0.678. The Morgan fingerprint density at radius 1 is 1.33 bits per heavy atom. The molecule has 2 N–H and O–H groups in total. The van der Waals surface area contributed by atoms with Crippen molar-refractivity contribution >= 4 is 0 Å². The van der Waals surface area contributed by atoms with E-state index in [1.54, 1.807) is 0 Å². The van der Waals surface area contributed by atoms with Gasteiger partial charge in [-0.2, -0.15) is 0 Å². The van der Waals surface area contributed by atoms with Gasteiger partial charge in [-0.05, 0) is 52.2 Å². The molecule has 0 spiro atoms. The Morgan fingerprint density at radius 2 is 2.07 bits per heavy atom. The molecule has 2 rings (SSSR count). The standard InChI is InChI=1S/C12H25N3/c1-14(2)9-11-4-3-7-15(11)12(8-13)10-5-6-10/h10-12H,3-9,13H2,1-2H3. The van der Waals surface area contributed by atoms with Crippen LogP contribution >= 0.6 is 0 Å². The molecule has 1 saturated carbocycles. The van der Waals surface area contributed by atoms with Gasteiger partial charge in [-0.3, -0.25) is 4.90 Å². The molecule has 1 saturated heterocycles. The van der Waals surface area contributed by atoms with Gasteiger partial charge in [0.25, 0.3) is 0 Å². The Hall–Kier alpha value is -0.120. The summed E-state index contributed by atoms with van der Waals surface area (Å²) in [7, 11) is 4.34. The average molecular weight is 211 g/mol.